The van der Waals surface area contributed by atoms with Gasteiger partial charge in [-0.05, 0) is 13.3 Å². The number of hydrogen-bond acceptors (Lipinski definition) is 7. The van der Waals surface area contributed by atoms with Gasteiger partial charge >= 0.3 is 0 Å². The number of aliphatic hydroxyl groups is 1. The van der Waals surface area contributed by atoms with E-state index in [1.165, 1.54) is 25.0 Å². The van der Waals surface area contributed by atoms with E-state index >= 15 is 0 Å². The molecule has 0 saturated heterocycles. The third kappa shape index (κ3) is 5.50. The third-order valence-electron chi connectivity index (χ3n) is 2.34. The number of aromatic nitrogens is 2. The molecule has 0 saturated carbocycles. The number of carbonyl (C=O) groups is 1. The van der Waals surface area contributed by atoms with Gasteiger partial charge < -0.3 is 16.2 Å². The van der Waals surface area contributed by atoms with Crippen LogP contribution in [0.5, 0.6) is 0 Å². The Labute approximate surface area is 121 Å². The van der Waals surface area contributed by atoms with Gasteiger partial charge in [-0.1, -0.05) is 24.0 Å². The van der Waals surface area contributed by atoms with Crippen LogP contribution in [0.2, 0.25) is 0 Å². The molecule has 4 N–H and O–H groups in total. The highest BCUT2D eigenvalue weighted by atomic mass is 32.2. The van der Waals surface area contributed by atoms with Crippen molar-refractivity contribution in [2.75, 3.05) is 12.3 Å². The quantitative estimate of drug-likeness (QED) is 0.653. The number of rotatable bonds is 6. The molecule has 6 nitrogen and oxygen atoms in total. The van der Waals surface area contributed by atoms with E-state index in [1.54, 1.807) is 6.20 Å². The number of Topliss-reactive ketones (excluding diaryl/α,β-unsaturated/α-hetero) is 1. The zero-order valence-corrected chi connectivity index (χ0v) is 12.1. The molecule has 0 aromatic carbocycles. The van der Waals surface area contributed by atoms with Crippen LogP contribution in [0.15, 0.2) is 12.5 Å². The van der Waals surface area contributed by atoms with Crippen LogP contribution in [0.4, 0.5) is 5.82 Å². The molecule has 1 unspecified atom stereocenters. The summed E-state index contributed by atoms with van der Waals surface area (Å²) >= 11 is 6.37. The fraction of sp³-hybridized carbons (Fsp3) is 0.455. The Morgan fingerprint density at radius 3 is 3.00 bits per heavy atom. The summed E-state index contributed by atoms with van der Waals surface area (Å²) in [4.78, 5) is 19.1. The summed E-state index contributed by atoms with van der Waals surface area (Å²) in [7, 11) is 0. The van der Waals surface area contributed by atoms with Gasteiger partial charge in [0.05, 0.1) is 5.25 Å². The normalized spacial score (nSPS) is 11.9. The molecule has 1 rings (SSSR count). The Balaban J connectivity index is 2.47. The number of nitrogens with one attached hydrogen (secondary N) is 1. The van der Waals surface area contributed by atoms with Crippen LogP contribution >= 0.6 is 24.0 Å². The highest BCUT2D eigenvalue weighted by molar-refractivity contribution is 8.23. The van der Waals surface area contributed by atoms with Crippen LogP contribution in [0.3, 0.4) is 0 Å². The lowest BCUT2D eigenvalue weighted by Crippen LogP contribution is -2.25. The average Bonchev–Trinajstić information content (AvgIpc) is 2.37. The van der Waals surface area contributed by atoms with Crippen molar-refractivity contribution in [1.82, 2.24) is 15.3 Å². The SMILES string of the molecule is CC(=O)C(CCO)SC(=S)NCc1cncnc1N. The molecular formula is C11H16N4O2S2. The van der Waals surface area contributed by atoms with Crippen molar-refractivity contribution in [2.24, 2.45) is 0 Å². The zero-order chi connectivity index (χ0) is 14.3. The molecular weight excluding hydrogens is 284 g/mol. The van der Waals surface area contributed by atoms with Crippen LogP contribution in [0.1, 0.15) is 18.9 Å². The van der Waals surface area contributed by atoms with E-state index in [0.717, 1.165) is 5.56 Å². The summed E-state index contributed by atoms with van der Waals surface area (Å²) in [6, 6.07) is 0. The number of anilines is 1. The average molecular weight is 300 g/mol. The number of nitrogen functional groups attached to an aromatic ring is 1. The number of thiocarbonyl (C=S) groups is 1. The molecule has 0 aliphatic rings. The Morgan fingerprint density at radius 1 is 1.68 bits per heavy atom. The van der Waals surface area contributed by atoms with Crippen LogP contribution in [-0.4, -0.2) is 37.0 Å². The maximum Gasteiger partial charge on any atom is 0.143 e. The third-order valence-corrected chi connectivity index (χ3v) is 3.98. The van der Waals surface area contributed by atoms with Crippen LogP contribution in [-0.2, 0) is 11.3 Å². The predicted molar refractivity (Wildman–Crippen MR) is 79.6 cm³/mol. The van der Waals surface area contributed by atoms with Crippen molar-refractivity contribution in [3.63, 3.8) is 0 Å². The topological polar surface area (TPSA) is 101 Å². The molecule has 0 bridgehead atoms. The molecule has 0 radical (unpaired) electrons. The monoisotopic (exact) mass is 300 g/mol. The molecule has 0 fully saturated rings. The predicted octanol–water partition coefficient (Wildman–Crippen LogP) is 0.507. The van der Waals surface area contributed by atoms with Gasteiger partial charge in [-0.25, -0.2) is 9.97 Å². The van der Waals surface area contributed by atoms with E-state index < -0.39 is 0 Å². The number of nitrogens with two attached hydrogens (primary N) is 1. The standard InChI is InChI=1S/C11H16N4O2S2/c1-7(17)9(2-3-16)19-11(18)14-5-8-4-13-6-15-10(8)12/h4,6,9,16H,2-3,5H2,1H3,(H,14,18)(H2,12,13,15). The van der Waals surface area contributed by atoms with Gasteiger partial charge in [0.25, 0.3) is 0 Å². The Morgan fingerprint density at radius 2 is 2.42 bits per heavy atom. The number of hydrogen-bond donors (Lipinski definition) is 3. The summed E-state index contributed by atoms with van der Waals surface area (Å²) in [5.74, 6) is 0.388. The van der Waals surface area contributed by atoms with Gasteiger partial charge in [0.15, 0.2) is 0 Å². The Kier molecular flexibility index (Phi) is 6.68. The van der Waals surface area contributed by atoms with E-state index in [2.05, 4.69) is 15.3 Å². The van der Waals surface area contributed by atoms with E-state index in [4.69, 9.17) is 23.1 Å². The lowest BCUT2D eigenvalue weighted by Gasteiger charge is -2.14. The molecule has 1 aromatic heterocycles. The minimum atomic E-state index is -0.325. The first-order valence-corrected chi connectivity index (χ1v) is 6.93. The van der Waals surface area contributed by atoms with E-state index in [9.17, 15) is 4.79 Å². The highest BCUT2D eigenvalue weighted by Gasteiger charge is 2.16. The Hall–Kier alpha value is -1.25. The first-order valence-electron chi connectivity index (χ1n) is 5.64. The highest BCUT2D eigenvalue weighted by Crippen LogP contribution is 2.17. The molecule has 19 heavy (non-hydrogen) atoms. The maximum atomic E-state index is 11.3. The first-order chi connectivity index (χ1) is 9.04. The molecule has 0 amide bonds. The van der Waals surface area contributed by atoms with Gasteiger partial charge in [0, 0.05) is 24.9 Å². The van der Waals surface area contributed by atoms with Gasteiger partial charge in [0.1, 0.15) is 22.2 Å². The molecule has 1 atom stereocenters. The second-order valence-electron chi connectivity index (χ2n) is 3.80. The largest absolute Gasteiger partial charge is 0.396 e. The smallest absolute Gasteiger partial charge is 0.143 e. The van der Waals surface area contributed by atoms with Crippen molar-refractivity contribution < 1.29 is 9.90 Å². The zero-order valence-electron chi connectivity index (χ0n) is 10.5. The fourth-order valence-corrected chi connectivity index (χ4v) is 2.53. The molecule has 0 spiro atoms. The lowest BCUT2D eigenvalue weighted by molar-refractivity contribution is -0.116. The second kappa shape index (κ2) is 8.03. The van der Waals surface area contributed by atoms with Crippen molar-refractivity contribution in [3.05, 3.63) is 18.1 Å². The fourth-order valence-electron chi connectivity index (χ4n) is 1.30. The van der Waals surface area contributed by atoms with E-state index in [1.807, 2.05) is 0 Å². The van der Waals surface area contributed by atoms with Crippen molar-refractivity contribution in [2.45, 2.75) is 25.1 Å². The van der Waals surface area contributed by atoms with Crippen LogP contribution in [0.25, 0.3) is 0 Å². The number of ketones is 1. The van der Waals surface area contributed by atoms with Gasteiger partial charge in [0.2, 0.25) is 0 Å². The molecule has 0 aliphatic carbocycles. The molecule has 8 heteroatoms. The van der Waals surface area contributed by atoms with Crippen LogP contribution < -0.4 is 11.1 Å². The summed E-state index contributed by atoms with van der Waals surface area (Å²) in [6.45, 7) is 1.85. The summed E-state index contributed by atoms with van der Waals surface area (Å²) < 4.78 is 0.483. The minimum absolute atomic E-state index is 0.00856. The minimum Gasteiger partial charge on any atom is -0.396 e. The van der Waals surface area contributed by atoms with E-state index in [0.29, 0.717) is 23.1 Å². The second-order valence-corrected chi connectivity index (χ2v) is 5.68. The van der Waals surface area contributed by atoms with Crippen molar-refractivity contribution in [1.29, 1.82) is 0 Å². The molecule has 1 aromatic rings. The van der Waals surface area contributed by atoms with Gasteiger partial charge in [-0.3, -0.25) is 4.79 Å². The summed E-state index contributed by atoms with van der Waals surface area (Å²) in [5, 5.41) is 11.5. The van der Waals surface area contributed by atoms with Gasteiger partial charge in [-0.2, -0.15) is 0 Å². The summed E-state index contributed by atoms with van der Waals surface area (Å²) in [5.41, 5.74) is 6.42. The lowest BCUT2D eigenvalue weighted by atomic mass is 10.2. The van der Waals surface area contributed by atoms with E-state index in [-0.39, 0.29) is 17.6 Å². The van der Waals surface area contributed by atoms with Crippen LogP contribution in [0, 0.1) is 0 Å². The molecule has 0 aliphatic heterocycles. The number of nitrogens with zero attached hydrogens (tertiary/aromatic N) is 2. The first kappa shape index (κ1) is 15.8. The molecule has 104 valence electrons. The molecule has 1 heterocycles. The van der Waals surface area contributed by atoms with Crippen molar-refractivity contribution >= 4 is 39.9 Å². The van der Waals surface area contributed by atoms with Gasteiger partial charge in [-0.15, -0.1) is 0 Å². The number of aliphatic hydroxyl groups excluding tert-OH is 1. The number of thioether (sulfide) groups is 1. The summed E-state index contributed by atoms with van der Waals surface area (Å²) in [6.07, 6.45) is 3.37. The Bertz CT molecular complexity index is 456. The van der Waals surface area contributed by atoms with Crippen molar-refractivity contribution in [3.8, 4) is 0 Å². The maximum absolute atomic E-state index is 11.3. The number of carbonyl (C=O) groups excluding carboxylic acids is 1.